The van der Waals surface area contributed by atoms with Gasteiger partial charge in [-0.1, -0.05) is 12.1 Å². The molecular formula is C25H30N6O2. The summed E-state index contributed by atoms with van der Waals surface area (Å²) in [5.74, 6) is 1.54. The van der Waals surface area contributed by atoms with E-state index in [-0.39, 0.29) is 11.7 Å². The summed E-state index contributed by atoms with van der Waals surface area (Å²) in [6.07, 6.45) is 6.12. The van der Waals surface area contributed by atoms with Gasteiger partial charge in [-0.3, -0.25) is 9.59 Å². The third-order valence-corrected chi connectivity index (χ3v) is 6.13. The molecule has 8 heteroatoms. The molecule has 172 valence electrons. The molecule has 1 aliphatic rings. The van der Waals surface area contributed by atoms with Crippen LogP contribution < -0.4 is 10.2 Å². The smallest absolute Gasteiger partial charge is 0.224 e. The highest BCUT2D eigenvalue weighted by molar-refractivity contribution is 5.97. The van der Waals surface area contributed by atoms with Gasteiger partial charge in [0, 0.05) is 42.5 Å². The van der Waals surface area contributed by atoms with Crippen molar-refractivity contribution in [1.29, 1.82) is 0 Å². The van der Waals surface area contributed by atoms with Crippen molar-refractivity contribution in [2.24, 2.45) is 0 Å². The van der Waals surface area contributed by atoms with E-state index in [4.69, 9.17) is 5.10 Å². The molecule has 2 aromatic heterocycles. The zero-order valence-corrected chi connectivity index (χ0v) is 19.5. The first-order valence-corrected chi connectivity index (χ1v) is 11.5. The molecule has 33 heavy (non-hydrogen) atoms. The Kier molecular flexibility index (Phi) is 6.82. The number of nitrogens with one attached hydrogen (secondary N) is 1. The van der Waals surface area contributed by atoms with Gasteiger partial charge in [0.25, 0.3) is 0 Å². The molecule has 3 heterocycles. The Bertz CT molecular complexity index is 1160. The minimum atomic E-state index is -0.100. The molecule has 0 unspecified atom stereocenters. The fraction of sp³-hybridized carbons (Fsp3) is 0.400. The first-order chi connectivity index (χ1) is 15.9. The summed E-state index contributed by atoms with van der Waals surface area (Å²) in [7, 11) is 0. The van der Waals surface area contributed by atoms with Gasteiger partial charge in [-0.25, -0.2) is 14.6 Å². The van der Waals surface area contributed by atoms with Crippen LogP contribution in [-0.4, -0.2) is 44.5 Å². The van der Waals surface area contributed by atoms with Gasteiger partial charge < -0.3 is 10.2 Å². The molecule has 1 N–H and O–H groups in total. The highest BCUT2D eigenvalue weighted by Gasteiger charge is 2.18. The van der Waals surface area contributed by atoms with E-state index in [1.54, 1.807) is 30.6 Å². The lowest BCUT2D eigenvalue weighted by molar-refractivity contribution is -0.116. The standard InChI is InChI=1S/C25H30N6O2/c1-17-22(10-11-25(33)28-21-9-7-8-20(14-21)19(3)32)18(2)31(29-17)24-15-23(26-16-27-24)30-12-5-4-6-13-30/h7-9,14-16H,4-6,10-13H2,1-3H3,(H,28,33). The lowest BCUT2D eigenvalue weighted by Crippen LogP contribution is -2.30. The third-order valence-electron chi connectivity index (χ3n) is 6.13. The van der Waals surface area contributed by atoms with Gasteiger partial charge in [0.15, 0.2) is 11.6 Å². The molecule has 0 atom stereocenters. The Balaban J connectivity index is 1.45. The SMILES string of the molecule is CC(=O)c1cccc(NC(=O)CCc2c(C)nn(-c3cc(N4CCCCC4)ncn3)c2C)c1. The molecule has 8 nitrogen and oxygen atoms in total. The Morgan fingerprint density at radius 3 is 2.55 bits per heavy atom. The van der Waals surface area contributed by atoms with Crippen LogP contribution in [0, 0.1) is 13.8 Å². The molecule has 1 saturated heterocycles. The van der Waals surface area contributed by atoms with Gasteiger partial charge >= 0.3 is 0 Å². The minimum Gasteiger partial charge on any atom is -0.356 e. The summed E-state index contributed by atoms with van der Waals surface area (Å²) in [5.41, 5.74) is 4.11. The molecule has 3 aromatic rings. The van der Waals surface area contributed by atoms with Crippen LogP contribution in [0.2, 0.25) is 0 Å². The van der Waals surface area contributed by atoms with Crippen LogP contribution in [0.3, 0.4) is 0 Å². The molecule has 4 rings (SSSR count). The quantitative estimate of drug-likeness (QED) is 0.551. The average Bonchev–Trinajstić information content (AvgIpc) is 3.11. The van der Waals surface area contributed by atoms with Crippen molar-refractivity contribution in [3.05, 3.63) is 59.2 Å². The number of ketones is 1. The van der Waals surface area contributed by atoms with E-state index in [1.165, 1.54) is 26.2 Å². The summed E-state index contributed by atoms with van der Waals surface area (Å²) >= 11 is 0. The Morgan fingerprint density at radius 1 is 1.03 bits per heavy atom. The molecule has 0 spiro atoms. The summed E-state index contributed by atoms with van der Waals surface area (Å²) < 4.78 is 1.84. The van der Waals surface area contributed by atoms with E-state index >= 15 is 0 Å². The van der Waals surface area contributed by atoms with E-state index in [9.17, 15) is 9.59 Å². The predicted octanol–water partition coefficient (Wildman–Crippen LogP) is 4.04. The second-order valence-corrected chi connectivity index (χ2v) is 8.53. The lowest BCUT2D eigenvalue weighted by atomic mass is 10.1. The number of carbonyl (C=O) groups excluding carboxylic acids is 2. The molecule has 1 fully saturated rings. The number of piperidine rings is 1. The number of carbonyl (C=O) groups is 2. The summed E-state index contributed by atoms with van der Waals surface area (Å²) in [6, 6.07) is 8.98. The number of aromatic nitrogens is 4. The molecule has 0 saturated carbocycles. The molecular weight excluding hydrogens is 416 g/mol. The first kappa shape index (κ1) is 22.6. The number of anilines is 2. The number of amides is 1. The van der Waals surface area contributed by atoms with Gasteiger partial charge in [-0.05, 0) is 64.2 Å². The maximum Gasteiger partial charge on any atom is 0.224 e. The lowest BCUT2D eigenvalue weighted by Gasteiger charge is -2.27. The molecule has 0 aliphatic carbocycles. The number of rotatable bonds is 7. The highest BCUT2D eigenvalue weighted by atomic mass is 16.1. The zero-order valence-electron chi connectivity index (χ0n) is 19.5. The van der Waals surface area contributed by atoms with Gasteiger partial charge in [0.2, 0.25) is 5.91 Å². The van der Waals surface area contributed by atoms with Crippen LogP contribution >= 0.6 is 0 Å². The Labute approximate surface area is 194 Å². The van der Waals surface area contributed by atoms with E-state index in [2.05, 4.69) is 20.2 Å². The zero-order chi connectivity index (χ0) is 23.4. The van der Waals surface area contributed by atoms with Crippen LogP contribution in [0.4, 0.5) is 11.5 Å². The van der Waals surface area contributed by atoms with Crippen molar-refractivity contribution in [2.45, 2.75) is 52.9 Å². The fourth-order valence-electron chi connectivity index (χ4n) is 4.29. The normalized spacial score (nSPS) is 13.7. The van der Waals surface area contributed by atoms with Crippen molar-refractivity contribution in [1.82, 2.24) is 19.7 Å². The second kappa shape index (κ2) is 9.94. The van der Waals surface area contributed by atoms with Crippen molar-refractivity contribution >= 4 is 23.2 Å². The van der Waals surface area contributed by atoms with Crippen LogP contribution in [0.25, 0.3) is 5.82 Å². The van der Waals surface area contributed by atoms with E-state index in [1.807, 2.05) is 24.6 Å². The van der Waals surface area contributed by atoms with E-state index < -0.39 is 0 Å². The average molecular weight is 447 g/mol. The maximum atomic E-state index is 12.5. The highest BCUT2D eigenvalue weighted by Crippen LogP contribution is 2.22. The van der Waals surface area contributed by atoms with Gasteiger partial charge in [-0.2, -0.15) is 5.10 Å². The fourth-order valence-corrected chi connectivity index (χ4v) is 4.29. The second-order valence-electron chi connectivity index (χ2n) is 8.53. The molecule has 1 aliphatic heterocycles. The van der Waals surface area contributed by atoms with Crippen LogP contribution in [0.5, 0.6) is 0 Å². The third kappa shape index (κ3) is 5.27. The Hall–Kier alpha value is -3.55. The largest absolute Gasteiger partial charge is 0.356 e. The van der Waals surface area contributed by atoms with E-state index in [0.717, 1.165) is 41.7 Å². The number of aryl methyl sites for hydroxylation is 1. The van der Waals surface area contributed by atoms with E-state index in [0.29, 0.717) is 24.1 Å². The monoisotopic (exact) mass is 446 g/mol. The molecule has 0 radical (unpaired) electrons. The summed E-state index contributed by atoms with van der Waals surface area (Å²) in [4.78, 5) is 35.3. The number of hydrogen-bond donors (Lipinski definition) is 1. The number of Topliss-reactive ketones (excluding diaryl/α,β-unsaturated/α-hetero) is 1. The molecule has 1 amide bonds. The van der Waals surface area contributed by atoms with Crippen molar-refractivity contribution < 1.29 is 9.59 Å². The van der Waals surface area contributed by atoms with Crippen molar-refractivity contribution in [2.75, 3.05) is 23.3 Å². The summed E-state index contributed by atoms with van der Waals surface area (Å²) in [6.45, 7) is 7.51. The Morgan fingerprint density at radius 2 is 1.79 bits per heavy atom. The number of hydrogen-bond acceptors (Lipinski definition) is 6. The van der Waals surface area contributed by atoms with Crippen molar-refractivity contribution in [3.8, 4) is 5.82 Å². The minimum absolute atomic E-state index is 0.0297. The maximum absolute atomic E-state index is 12.5. The van der Waals surface area contributed by atoms with Crippen molar-refractivity contribution in [3.63, 3.8) is 0 Å². The van der Waals surface area contributed by atoms with Gasteiger partial charge in [0.1, 0.15) is 12.1 Å². The molecule has 1 aromatic carbocycles. The topological polar surface area (TPSA) is 93.0 Å². The van der Waals surface area contributed by atoms with Crippen LogP contribution in [-0.2, 0) is 11.2 Å². The predicted molar refractivity (Wildman–Crippen MR) is 128 cm³/mol. The van der Waals surface area contributed by atoms with Crippen LogP contribution in [0.1, 0.15) is 59.9 Å². The summed E-state index contributed by atoms with van der Waals surface area (Å²) in [5, 5.41) is 7.58. The number of nitrogens with zero attached hydrogens (tertiary/aromatic N) is 5. The number of benzene rings is 1. The first-order valence-electron chi connectivity index (χ1n) is 11.5. The van der Waals surface area contributed by atoms with Gasteiger partial charge in [-0.15, -0.1) is 0 Å². The van der Waals surface area contributed by atoms with Crippen LogP contribution in [0.15, 0.2) is 36.7 Å². The van der Waals surface area contributed by atoms with Gasteiger partial charge in [0.05, 0.1) is 5.69 Å². The molecule has 0 bridgehead atoms.